The second kappa shape index (κ2) is 5.16. The number of allylic oxidation sites excluding steroid dienone is 1. The van der Waals surface area contributed by atoms with Gasteiger partial charge < -0.3 is 4.42 Å². The van der Waals surface area contributed by atoms with Gasteiger partial charge in [-0.3, -0.25) is 9.59 Å². The number of hydrogen-bond acceptors (Lipinski definition) is 3. The fraction of sp³-hybridized carbons (Fsp3) is 0.500. The summed E-state index contributed by atoms with van der Waals surface area (Å²) in [6.07, 6.45) is 6.14. The summed E-state index contributed by atoms with van der Waals surface area (Å²) in [4.78, 5) is 24.1. The molecule has 1 aliphatic rings. The summed E-state index contributed by atoms with van der Waals surface area (Å²) in [5.41, 5.74) is 1.48. The highest BCUT2D eigenvalue weighted by atomic mass is 16.3. The first-order valence-corrected chi connectivity index (χ1v) is 6.69. The van der Waals surface area contributed by atoms with Crippen molar-refractivity contribution in [3.05, 3.63) is 36.3 Å². The number of Topliss-reactive ketones (excluding diaryl/α,β-unsaturated/α-hetero) is 2. The smallest absolute Gasteiger partial charge is 0.231 e. The fourth-order valence-corrected chi connectivity index (χ4v) is 2.93. The Bertz CT molecular complexity index is 494. The second-order valence-electron chi connectivity index (χ2n) is 6.02. The molecule has 3 nitrogen and oxygen atoms in total. The van der Waals surface area contributed by atoms with Gasteiger partial charge in [-0.2, -0.15) is 0 Å². The van der Waals surface area contributed by atoms with E-state index < -0.39 is 5.78 Å². The Balaban J connectivity index is 2.09. The molecule has 0 unspecified atom stereocenters. The van der Waals surface area contributed by atoms with Gasteiger partial charge in [-0.1, -0.05) is 26.0 Å². The zero-order chi connectivity index (χ0) is 14.0. The van der Waals surface area contributed by atoms with Gasteiger partial charge in [0.05, 0.1) is 11.8 Å². The van der Waals surface area contributed by atoms with Crippen LogP contribution < -0.4 is 0 Å². The normalized spacial score (nSPS) is 22.2. The van der Waals surface area contributed by atoms with Gasteiger partial charge in [-0.05, 0) is 36.7 Å². The highest BCUT2D eigenvalue weighted by Crippen LogP contribution is 2.44. The van der Waals surface area contributed by atoms with Crippen LogP contribution in [0.5, 0.6) is 0 Å². The minimum atomic E-state index is -0.456. The van der Waals surface area contributed by atoms with E-state index in [1.54, 1.807) is 0 Å². The van der Waals surface area contributed by atoms with Gasteiger partial charge in [0.15, 0.2) is 0 Å². The van der Waals surface area contributed by atoms with Crippen LogP contribution in [0.15, 0.2) is 35.2 Å². The third-order valence-electron chi connectivity index (χ3n) is 4.18. The summed E-state index contributed by atoms with van der Waals surface area (Å²) in [6, 6.07) is 1.53. The molecule has 0 radical (unpaired) electrons. The Labute approximate surface area is 113 Å². The van der Waals surface area contributed by atoms with E-state index in [-0.39, 0.29) is 23.5 Å². The van der Waals surface area contributed by atoms with Crippen LogP contribution in [0.4, 0.5) is 0 Å². The molecule has 1 aromatic rings. The molecule has 0 spiro atoms. The predicted octanol–water partition coefficient (Wildman–Crippen LogP) is 3.80. The molecule has 1 heterocycles. The van der Waals surface area contributed by atoms with Crippen molar-refractivity contribution in [3.63, 3.8) is 0 Å². The van der Waals surface area contributed by atoms with Crippen LogP contribution in [0, 0.1) is 11.3 Å². The van der Waals surface area contributed by atoms with Crippen LogP contribution in [0.2, 0.25) is 0 Å². The van der Waals surface area contributed by atoms with Crippen LogP contribution in [-0.2, 0) is 4.79 Å². The molecule has 0 aliphatic heterocycles. The van der Waals surface area contributed by atoms with E-state index in [1.807, 2.05) is 0 Å². The highest BCUT2D eigenvalue weighted by molar-refractivity contribution is 6.43. The average molecular weight is 260 g/mol. The monoisotopic (exact) mass is 260 g/mol. The molecule has 19 heavy (non-hydrogen) atoms. The first-order valence-electron chi connectivity index (χ1n) is 6.69. The lowest BCUT2D eigenvalue weighted by molar-refractivity contribution is -0.116. The maximum Gasteiger partial charge on any atom is 0.231 e. The van der Waals surface area contributed by atoms with Crippen LogP contribution in [0.25, 0.3) is 0 Å². The van der Waals surface area contributed by atoms with Gasteiger partial charge in [-0.15, -0.1) is 0 Å². The van der Waals surface area contributed by atoms with Crippen molar-refractivity contribution < 1.29 is 14.0 Å². The molecule has 0 bridgehead atoms. The number of hydrogen-bond donors (Lipinski definition) is 0. The largest absolute Gasteiger partial charge is 0.472 e. The molecule has 102 valence electrons. The quantitative estimate of drug-likeness (QED) is 0.470. The van der Waals surface area contributed by atoms with Crippen molar-refractivity contribution in [2.75, 3.05) is 0 Å². The van der Waals surface area contributed by atoms with Crippen molar-refractivity contribution in [2.45, 2.75) is 39.5 Å². The van der Waals surface area contributed by atoms with Gasteiger partial charge in [0.25, 0.3) is 0 Å². The van der Waals surface area contributed by atoms with Gasteiger partial charge >= 0.3 is 0 Å². The molecule has 1 saturated carbocycles. The molecule has 0 aromatic carbocycles. The van der Waals surface area contributed by atoms with E-state index in [4.69, 9.17) is 4.42 Å². The number of carbonyl (C=O) groups is 2. The van der Waals surface area contributed by atoms with Gasteiger partial charge in [0.1, 0.15) is 6.26 Å². The lowest BCUT2D eigenvalue weighted by atomic mass is 9.65. The van der Waals surface area contributed by atoms with Crippen molar-refractivity contribution >= 4 is 11.6 Å². The minimum absolute atomic E-state index is 0.0433. The Hall–Kier alpha value is -1.64. The van der Waals surface area contributed by atoms with E-state index in [2.05, 4.69) is 20.4 Å². The van der Waals surface area contributed by atoms with Gasteiger partial charge in [0.2, 0.25) is 11.6 Å². The molecule has 1 aromatic heterocycles. The zero-order valence-electron chi connectivity index (χ0n) is 11.6. The van der Waals surface area contributed by atoms with E-state index in [9.17, 15) is 9.59 Å². The van der Waals surface area contributed by atoms with Crippen LogP contribution in [0.1, 0.15) is 49.9 Å². The lowest BCUT2D eigenvalue weighted by Crippen LogP contribution is -2.32. The molecular weight excluding hydrogens is 240 g/mol. The van der Waals surface area contributed by atoms with Crippen molar-refractivity contribution in [2.24, 2.45) is 11.3 Å². The zero-order valence-corrected chi connectivity index (χ0v) is 11.6. The Morgan fingerprint density at radius 3 is 2.79 bits per heavy atom. The van der Waals surface area contributed by atoms with E-state index in [0.717, 1.165) is 24.8 Å². The van der Waals surface area contributed by atoms with Crippen molar-refractivity contribution in [3.8, 4) is 0 Å². The summed E-state index contributed by atoms with van der Waals surface area (Å²) >= 11 is 0. The Morgan fingerprint density at radius 1 is 1.47 bits per heavy atom. The Morgan fingerprint density at radius 2 is 2.21 bits per heavy atom. The predicted molar refractivity (Wildman–Crippen MR) is 72.9 cm³/mol. The van der Waals surface area contributed by atoms with Crippen molar-refractivity contribution in [1.29, 1.82) is 0 Å². The summed E-state index contributed by atoms with van der Waals surface area (Å²) in [6.45, 7) is 8.39. The van der Waals surface area contributed by atoms with E-state index in [0.29, 0.717) is 5.56 Å². The molecule has 1 fully saturated rings. The minimum Gasteiger partial charge on any atom is -0.472 e. The molecule has 1 aliphatic carbocycles. The fourth-order valence-electron chi connectivity index (χ4n) is 2.93. The molecule has 2 rings (SSSR count). The first-order chi connectivity index (χ1) is 8.92. The highest BCUT2D eigenvalue weighted by Gasteiger charge is 2.37. The standard InChI is InChI=1S/C16H20O3/c1-11-5-4-7-16(2,3)13(11)9-14(17)15(18)12-6-8-19-10-12/h6,8,10,13H,1,4-5,7,9H2,2-3H3/t13-/m0/s1. The topological polar surface area (TPSA) is 47.3 Å². The molecule has 0 amide bonds. The summed E-state index contributed by atoms with van der Waals surface area (Å²) in [5.74, 6) is -0.699. The average Bonchev–Trinajstić information content (AvgIpc) is 2.86. The molecule has 1 atom stereocenters. The third kappa shape index (κ3) is 2.86. The SMILES string of the molecule is C=C1CCCC(C)(C)[C@H]1CC(=O)C(=O)c1ccoc1. The molecule has 0 N–H and O–H groups in total. The molecular formula is C16H20O3. The van der Waals surface area contributed by atoms with Gasteiger partial charge in [-0.25, -0.2) is 0 Å². The maximum atomic E-state index is 12.1. The molecule has 0 saturated heterocycles. The first kappa shape index (κ1) is 13.8. The molecule has 3 heteroatoms. The summed E-state index contributed by atoms with van der Waals surface area (Å²) in [7, 11) is 0. The van der Waals surface area contributed by atoms with Crippen molar-refractivity contribution in [1.82, 2.24) is 0 Å². The third-order valence-corrected chi connectivity index (χ3v) is 4.18. The lowest BCUT2D eigenvalue weighted by Gasteiger charge is -2.39. The van der Waals surface area contributed by atoms with Crippen LogP contribution >= 0.6 is 0 Å². The Kier molecular flexibility index (Phi) is 3.74. The van der Waals surface area contributed by atoms with E-state index in [1.165, 1.54) is 18.6 Å². The number of rotatable bonds is 4. The number of carbonyl (C=O) groups excluding carboxylic acids is 2. The summed E-state index contributed by atoms with van der Waals surface area (Å²) in [5, 5.41) is 0. The number of ketones is 2. The van der Waals surface area contributed by atoms with Gasteiger partial charge in [0, 0.05) is 6.42 Å². The maximum absolute atomic E-state index is 12.1. The van der Waals surface area contributed by atoms with Crippen LogP contribution in [0.3, 0.4) is 0 Å². The van der Waals surface area contributed by atoms with Crippen LogP contribution in [-0.4, -0.2) is 11.6 Å². The second-order valence-corrected chi connectivity index (χ2v) is 6.02. The number of furan rings is 1. The summed E-state index contributed by atoms with van der Waals surface area (Å²) < 4.78 is 4.85. The van der Waals surface area contributed by atoms with E-state index >= 15 is 0 Å².